The lowest BCUT2D eigenvalue weighted by Gasteiger charge is -2.17. The highest BCUT2D eigenvalue weighted by atomic mass is 32.1. The Morgan fingerprint density at radius 3 is 2.92 bits per heavy atom. The average Bonchev–Trinajstić information content (AvgIpc) is 3.05. The van der Waals surface area contributed by atoms with Crippen LogP contribution >= 0.6 is 11.3 Å². The van der Waals surface area contributed by atoms with E-state index in [0.717, 1.165) is 28.8 Å². The Kier molecular flexibility index (Phi) is 4.28. The maximum absolute atomic E-state index is 5.99. The van der Waals surface area contributed by atoms with E-state index in [2.05, 4.69) is 52.7 Å². The van der Waals surface area contributed by atoms with Crippen molar-refractivity contribution in [3.05, 3.63) is 58.1 Å². The van der Waals surface area contributed by atoms with Gasteiger partial charge in [0.25, 0.3) is 0 Å². The average molecular weight is 338 g/mol. The molecule has 3 aromatic rings. The number of hydrogen-bond acceptors (Lipinski definition) is 5. The van der Waals surface area contributed by atoms with Crippen molar-refractivity contribution in [1.29, 1.82) is 0 Å². The molecule has 0 aliphatic carbocycles. The van der Waals surface area contributed by atoms with Gasteiger partial charge in [0, 0.05) is 0 Å². The highest BCUT2D eigenvalue weighted by molar-refractivity contribution is 7.11. The number of benzene rings is 2. The summed E-state index contributed by atoms with van der Waals surface area (Å²) in [5.41, 5.74) is 2.56. The van der Waals surface area contributed by atoms with Crippen LogP contribution < -0.4 is 4.74 Å². The molecule has 24 heavy (non-hydrogen) atoms. The van der Waals surface area contributed by atoms with Crippen LogP contribution in [0.2, 0.25) is 0 Å². The Hall–Kier alpha value is -2.24. The molecular formula is C19H18N2O2S. The van der Waals surface area contributed by atoms with Crippen molar-refractivity contribution in [1.82, 2.24) is 10.2 Å². The van der Waals surface area contributed by atoms with Gasteiger partial charge in [0.1, 0.15) is 17.4 Å². The van der Waals surface area contributed by atoms with Gasteiger partial charge in [-0.1, -0.05) is 41.7 Å². The molecule has 0 bridgehead atoms. The van der Waals surface area contributed by atoms with Crippen LogP contribution in [0, 0.1) is 6.92 Å². The molecule has 0 fully saturated rings. The van der Waals surface area contributed by atoms with Crippen LogP contribution in [0.15, 0.2) is 42.5 Å². The second kappa shape index (κ2) is 6.71. The quantitative estimate of drug-likeness (QED) is 0.708. The fourth-order valence-corrected chi connectivity index (χ4v) is 3.57. The number of aromatic nitrogens is 2. The van der Waals surface area contributed by atoms with E-state index in [9.17, 15) is 0 Å². The first kappa shape index (κ1) is 15.3. The first-order valence-electron chi connectivity index (χ1n) is 8.01. The summed E-state index contributed by atoms with van der Waals surface area (Å²) in [6.07, 6.45) is 3.10. The van der Waals surface area contributed by atoms with Gasteiger partial charge < -0.3 is 9.47 Å². The highest BCUT2D eigenvalue weighted by Crippen LogP contribution is 2.33. The van der Waals surface area contributed by atoms with Crippen molar-refractivity contribution in [2.45, 2.75) is 20.0 Å². The van der Waals surface area contributed by atoms with Gasteiger partial charge in [-0.25, -0.2) is 0 Å². The minimum absolute atomic E-state index is 0.450. The second-order valence-corrected chi connectivity index (χ2v) is 7.02. The largest absolute Gasteiger partial charge is 0.486 e. The van der Waals surface area contributed by atoms with Crippen molar-refractivity contribution >= 4 is 27.7 Å². The molecule has 122 valence electrons. The molecule has 0 saturated heterocycles. The first-order valence-corrected chi connectivity index (χ1v) is 8.83. The van der Waals surface area contributed by atoms with Crippen LogP contribution in [-0.4, -0.2) is 23.4 Å². The van der Waals surface area contributed by atoms with Gasteiger partial charge in [-0.15, -0.1) is 10.2 Å². The van der Waals surface area contributed by atoms with Crippen LogP contribution in [-0.2, 0) is 11.3 Å². The molecular weight excluding hydrogens is 320 g/mol. The Morgan fingerprint density at radius 1 is 1.21 bits per heavy atom. The highest BCUT2D eigenvalue weighted by Gasteiger charge is 2.12. The zero-order valence-corrected chi connectivity index (χ0v) is 14.3. The smallest absolute Gasteiger partial charge is 0.155 e. The van der Waals surface area contributed by atoms with E-state index in [1.165, 1.54) is 21.9 Å². The zero-order valence-electron chi connectivity index (χ0n) is 13.5. The molecule has 0 spiro atoms. The van der Waals surface area contributed by atoms with Gasteiger partial charge in [-0.05, 0) is 47.4 Å². The lowest BCUT2D eigenvalue weighted by atomic mass is 9.95. The van der Waals surface area contributed by atoms with Crippen LogP contribution in [0.3, 0.4) is 0 Å². The molecule has 4 rings (SSSR count). The number of nitrogens with zero attached hydrogens (tertiary/aromatic N) is 2. The van der Waals surface area contributed by atoms with E-state index >= 15 is 0 Å². The van der Waals surface area contributed by atoms with E-state index in [0.29, 0.717) is 13.2 Å². The lowest BCUT2D eigenvalue weighted by Crippen LogP contribution is -2.04. The van der Waals surface area contributed by atoms with Gasteiger partial charge in [0.15, 0.2) is 5.01 Å². The standard InChI is InChI=1S/C19H18N2O2S/c1-13-20-21-19(24-13)12-23-16-10-15-4-2-3-5-17(15)18(11-16)14-6-8-22-9-7-14/h2-6,10-11H,7-9,12H2,1H3. The van der Waals surface area contributed by atoms with Crippen molar-refractivity contribution in [3.63, 3.8) is 0 Å². The summed E-state index contributed by atoms with van der Waals surface area (Å²) >= 11 is 1.57. The molecule has 2 aromatic carbocycles. The minimum Gasteiger partial charge on any atom is -0.486 e. The molecule has 4 nitrogen and oxygen atoms in total. The molecule has 0 N–H and O–H groups in total. The number of hydrogen-bond donors (Lipinski definition) is 0. The Balaban J connectivity index is 1.69. The van der Waals surface area contributed by atoms with Crippen LogP contribution in [0.4, 0.5) is 0 Å². The summed E-state index contributed by atoms with van der Waals surface area (Å²) < 4.78 is 11.4. The van der Waals surface area contributed by atoms with E-state index in [1.54, 1.807) is 11.3 Å². The predicted octanol–water partition coefficient (Wildman–Crippen LogP) is 4.38. The third-order valence-electron chi connectivity index (χ3n) is 4.07. The summed E-state index contributed by atoms with van der Waals surface area (Å²) in [5, 5.41) is 12.5. The number of fused-ring (bicyclic) bond motifs is 1. The molecule has 0 saturated carbocycles. The van der Waals surface area contributed by atoms with Gasteiger partial charge in [0.2, 0.25) is 0 Å². The van der Waals surface area contributed by atoms with E-state index in [1.807, 2.05) is 6.92 Å². The van der Waals surface area contributed by atoms with Gasteiger partial charge in [-0.3, -0.25) is 0 Å². The molecule has 2 heterocycles. The number of ether oxygens (including phenoxy) is 2. The van der Waals surface area contributed by atoms with E-state index in [-0.39, 0.29) is 0 Å². The topological polar surface area (TPSA) is 44.2 Å². The molecule has 1 aromatic heterocycles. The number of aryl methyl sites for hydroxylation is 1. The lowest BCUT2D eigenvalue weighted by molar-refractivity contribution is 0.161. The van der Waals surface area contributed by atoms with E-state index in [4.69, 9.17) is 9.47 Å². The van der Waals surface area contributed by atoms with E-state index < -0.39 is 0 Å². The molecule has 1 aliphatic rings. The van der Waals surface area contributed by atoms with Crippen LogP contribution in [0.1, 0.15) is 22.0 Å². The summed E-state index contributed by atoms with van der Waals surface area (Å²) in [4.78, 5) is 0. The second-order valence-electron chi connectivity index (χ2n) is 5.75. The zero-order chi connectivity index (χ0) is 16.4. The summed E-state index contributed by atoms with van der Waals surface area (Å²) in [5.74, 6) is 0.865. The third kappa shape index (κ3) is 3.18. The fourth-order valence-electron chi connectivity index (χ4n) is 2.94. The van der Waals surface area contributed by atoms with Crippen LogP contribution in [0.5, 0.6) is 5.75 Å². The predicted molar refractivity (Wildman–Crippen MR) is 96.3 cm³/mol. The molecule has 0 amide bonds. The Labute approximate surface area is 144 Å². The van der Waals surface area contributed by atoms with Crippen molar-refractivity contribution in [2.24, 2.45) is 0 Å². The Bertz CT molecular complexity index is 901. The normalized spacial score (nSPS) is 14.6. The molecule has 0 radical (unpaired) electrons. The number of rotatable bonds is 4. The fraction of sp³-hybridized carbons (Fsp3) is 0.263. The van der Waals surface area contributed by atoms with Gasteiger partial charge >= 0.3 is 0 Å². The monoisotopic (exact) mass is 338 g/mol. The maximum Gasteiger partial charge on any atom is 0.155 e. The van der Waals surface area contributed by atoms with Crippen molar-refractivity contribution < 1.29 is 9.47 Å². The molecule has 0 unspecified atom stereocenters. The maximum atomic E-state index is 5.99. The summed E-state index contributed by atoms with van der Waals surface area (Å²) in [6, 6.07) is 12.7. The Morgan fingerprint density at radius 2 is 2.12 bits per heavy atom. The molecule has 0 atom stereocenters. The summed E-state index contributed by atoms with van der Waals surface area (Å²) in [7, 11) is 0. The van der Waals surface area contributed by atoms with Crippen LogP contribution in [0.25, 0.3) is 16.3 Å². The third-order valence-corrected chi connectivity index (χ3v) is 4.89. The first-order chi connectivity index (χ1) is 11.8. The molecule has 5 heteroatoms. The van der Waals surface area contributed by atoms with Gasteiger partial charge in [-0.2, -0.15) is 0 Å². The minimum atomic E-state index is 0.450. The van der Waals surface area contributed by atoms with Crippen molar-refractivity contribution in [3.8, 4) is 5.75 Å². The van der Waals surface area contributed by atoms with Gasteiger partial charge in [0.05, 0.1) is 13.2 Å². The summed E-state index contributed by atoms with van der Waals surface area (Å²) in [6.45, 7) is 3.85. The molecule has 1 aliphatic heterocycles. The SMILES string of the molecule is Cc1nnc(COc2cc(C3=CCOCC3)c3ccccc3c2)s1. The van der Waals surface area contributed by atoms with Crippen molar-refractivity contribution in [2.75, 3.05) is 13.2 Å².